The van der Waals surface area contributed by atoms with Crippen molar-refractivity contribution in [3.63, 3.8) is 0 Å². The number of nitrogens with one attached hydrogen (secondary N) is 2. The first-order chi connectivity index (χ1) is 9.63. The van der Waals surface area contributed by atoms with Gasteiger partial charge in [-0.2, -0.15) is 0 Å². The van der Waals surface area contributed by atoms with Crippen molar-refractivity contribution in [2.75, 3.05) is 5.32 Å². The smallest absolute Gasteiger partial charge is 0.255 e. The highest BCUT2D eigenvalue weighted by Gasteiger charge is 2.09. The lowest BCUT2D eigenvalue weighted by Crippen LogP contribution is -2.11. The third kappa shape index (κ3) is 2.21. The molecular weight excluding hydrogens is 259 g/mol. The number of hydrogen-bond acceptors (Lipinski definition) is 2. The Balaban J connectivity index is 1.86. The number of H-pyrrole nitrogens is 1. The van der Waals surface area contributed by atoms with E-state index in [1.807, 2.05) is 12.1 Å². The van der Waals surface area contributed by atoms with E-state index in [0.717, 1.165) is 17.0 Å². The second-order valence-corrected chi connectivity index (χ2v) is 4.40. The van der Waals surface area contributed by atoms with Gasteiger partial charge in [0, 0.05) is 34.4 Å². The van der Waals surface area contributed by atoms with Gasteiger partial charge in [0.25, 0.3) is 5.91 Å². The summed E-state index contributed by atoms with van der Waals surface area (Å²) in [5, 5.41) is 12.6. The molecule has 2 aromatic carbocycles. The molecule has 0 spiro atoms. The molecule has 0 unspecified atom stereocenters. The number of phenolic OH excluding ortho intramolecular Hbond substituents is 1. The van der Waals surface area contributed by atoms with E-state index in [-0.39, 0.29) is 5.91 Å². The highest BCUT2D eigenvalue weighted by molar-refractivity contribution is 6.06. The third-order valence-electron chi connectivity index (χ3n) is 3.02. The Morgan fingerprint density at radius 2 is 2.00 bits per heavy atom. The Labute approximate surface area is 113 Å². The summed E-state index contributed by atoms with van der Waals surface area (Å²) in [6.45, 7) is 0. The van der Waals surface area contributed by atoms with Crippen molar-refractivity contribution >= 4 is 22.5 Å². The van der Waals surface area contributed by atoms with Crippen molar-refractivity contribution in [3.05, 3.63) is 60.0 Å². The number of phenols is 1. The van der Waals surface area contributed by atoms with E-state index in [2.05, 4.69) is 10.3 Å². The molecule has 0 aliphatic rings. The Morgan fingerprint density at radius 3 is 2.80 bits per heavy atom. The van der Waals surface area contributed by atoms with Gasteiger partial charge < -0.3 is 15.4 Å². The molecule has 0 fully saturated rings. The third-order valence-corrected chi connectivity index (χ3v) is 3.02. The van der Waals surface area contributed by atoms with E-state index in [4.69, 9.17) is 5.11 Å². The zero-order valence-corrected chi connectivity index (χ0v) is 10.4. The largest absolute Gasteiger partial charge is 0.505 e. The topological polar surface area (TPSA) is 65.1 Å². The Bertz CT molecular complexity index is 795. The number of aromatic amines is 1. The van der Waals surface area contributed by atoms with E-state index in [0.29, 0.717) is 11.3 Å². The van der Waals surface area contributed by atoms with Crippen LogP contribution in [0, 0.1) is 5.82 Å². The number of fused-ring (bicyclic) bond motifs is 1. The zero-order chi connectivity index (χ0) is 14.1. The number of hydrogen-bond donors (Lipinski definition) is 3. The lowest BCUT2D eigenvalue weighted by atomic mass is 10.1. The van der Waals surface area contributed by atoms with Crippen LogP contribution in [0.25, 0.3) is 10.9 Å². The first-order valence-electron chi connectivity index (χ1n) is 6.00. The number of aromatic hydroxyl groups is 1. The summed E-state index contributed by atoms with van der Waals surface area (Å²) in [4.78, 5) is 15.1. The number of halogens is 1. The fourth-order valence-electron chi connectivity index (χ4n) is 1.98. The van der Waals surface area contributed by atoms with Gasteiger partial charge in [-0.15, -0.1) is 0 Å². The normalized spacial score (nSPS) is 10.7. The first-order valence-corrected chi connectivity index (χ1v) is 6.00. The molecule has 4 nitrogen and oxygen atoms in total. The second-order valence-electron chi connectivity index (χ2n) is 4.40. The maximum absolute atomic E-state index is 13.2. The van der Waals surface area contributed by atoms with Crippen LogP contribution in [-0.2, 0) is 0 Å². The monoisotopic (exact) mass is 270 g/mol. The molecule has 1 aromatic heterocycles. The Hall–Kier alpha value is -2.82. The van der Waals surface area contributed by atoms with Crippen LogP contribution in [0.4, 0.5) is 10.1 Å². The van der Waals surface area contributed by atoms with E-state index in [1.54, 1.807) is 18.3 Å². The van der Waals surface area contributed by atoms with E-state index in [1.165, 1.54) is 12.1 Å². The van der Waals surface area contributed by atoms with Crippen LogP contribution in [-0.4, -0.2) is 16.0 Å². The SMILES string of the molecule is O=C(Nc1ccc(O)c(F)c1)c1ccc2[nH]ccc2c1. The van der Waals surface area contributed by atoms with E-state index >= 15 is 0 Å². The minimum Gasteiger partial charge on any atom is -0.505 e. The predicted octanol–water partition coefficient (Wildman–Crippen LogP) is 3.26. The summed E-state index contributed by atoms with van der Waals surface area (Å²) in [5.74, 6) is -1.56. The predicted molar refractivity (Wildman–Crippen MR) is 74.3 cm³/mol. The van der Waals surface area contributed by atoms with Gasteiger partial charge in [-0.3, -0.25) is 4.79 Å². The first kappa shape index (κ1) is 12.2. The van der Waals surface area contributed by atoms with E-state index in [9.17, 15) is 9.18 Å². The number of carbonyl (C=O) groups is 1. The number of carbonyl (C=O) groups excluding carboxylic acids is 1. The Morgan fingerprint density at radius 1 is 1.15 bits per heavy atom. The molecule has 0 saturated heterocycles. The molecule has 0 aliphatic heterocycles. The average molecular weight is 270 g/mol. The molecular formula is C15H11FN2O2. The summed E-state index contributed by atoms with van der Waals surface area (Å²) in [6, 6.07) is 10.8. The quantitative estimate of drug-likeness (QED) is 0.626. The number of benzene rings is 2. The van der Waals surface area contributed by atoms with Crippen LogP contribution in [0.3, 0.4) is 0 Å². The van der Waals surface area contributed by atoms with Crippen molar-refractivity contribution < 1.29 is 14.3 Å². The van der Waals surface area contributed by atoms with Crippen molar-refractivity contribution in [1.82, 2.24) is 4.98 Å². The highest BCUT2D eigenvalue weighted by atomic mass is 19.1. The van der Waals surface area contributed by atoms with Crippen LogP contribution >= 0.6 is 0 Å². The standard InChI is InChI=1S/C15H11FN2O2/c16-12-8-11(2-4-14(12)19)18-15(20)10-1-3-13-9(7-10)5-6-17-13/h1-8,17,19H,(H,18,20). The second kappa shape index (κ2) is 4.70. The maximum atomic E-state index is 13.2. The highest BCUT2D eigenvalue weighted by Crippen LogP contribution is 2.20. The summed E-state index contributed by atoms with van der Waals surface area (Å²) >= 11 is 0. The fraction of sp³-hybridized carbons (Fsp3) is 0. The van der Waals surface area contributed by atoms with Gasteiger partial charge in [0.15, 0.2) is 11.6 Å². The number of anilines is 1. The molecule has 0 aliphatic carbocycles. The minimum atomic E-state index is -0.774. The van der Waals surface area contributed by atoms with Gasteiger partial charge in [0.2, 0.25) is 0 Å². The van der Waals surface area contributed by atoms with Crippen molar-refractivity contribution in [2.45, 2.75) is 0 Å². The van der Waals surface area contributed by atoms with Gasteiger partial charge in [-0.1, -0.05) is 0 Å². The van der Waals surface area contributed by atoms with Gasteiger partial charge >= 0.3 is 0 Å². The summed E-state index contributed by atoms with van der Waals surface area (Å²) in [6.07, 6.45) is 1.79. The lowest BCUT2D eigenvalue weighted by Gasteiger charge is -2.06. The van der Waals surface area contributed by atoms with Crippen LogP contribution in [0.2, 0.25) is 0 Å². The molecule has 1 amide bonds. The molecule has 20 heavy (non-hydrogen) atoms. The van der Waals surface area contributed by atoms with Gasteiger partial charge in [-0.05, 0) is 36.4 Å². The van der Waals surface area contributed by atoms with Gasteiger partial charge in [0.05, 0.1) is 0 Å². The molecule has 0 atom stereocenters. The van der Waals surface area contributed by atoms with Crippen LogP contribution in [0.5, 0.6) is 5.75 Å². The van der Waals surface area contributed by atoms with Crippen molar-refractivity contribution in [3.8, 4) is 5.75 Å². The van der Waals surface area contributed by atoms with E-state index < -0.39 is 11.6 Å². The molecule has 3 aromatic rings. The molecule has 3 N–H and O–H groups in total. The van der Waals surface area contributed by atoms with Crippen LogP contribution in [0.15, 0.2) is 48.7 Å². The molecule has 100 valence electrons. The molecule has 3 rings (SSSR count). The van der Waals surface area contributed by atoms with Crippen molar-refractivity contribution in [2.24, 2.45) is 0 Å². The van der Waals surface area contributed by atoms with Crippen molar-refractivity contribution in [1.29, 1.82) is 0 Å². The maximum Gasteiger partial charge on any atom is 0.255 e. The lowest BCUT2D eigenvalue weighted by molar-refractivity contribution is 0.102. The molecule has 0 saturated carbocycles. The number of amides is 1. The zero-order valence-electron chi connectivity index (χ0n) is 10.4. The van der Waals surface area contributed by atoms with Gasteiger partial charge in [-0.25, -0.2) is 4.39 Å². The number of rotatable bonds is 2. The van der Waals surface area contributed by atoms with Crippen LogP contribution in [0.1, 0.15) is 10.4 Å². The molecule has 0 radical (unpaired) electrons. The Kier molecular flexibility index (Phi) is 2.87. The summed E-state index contributed by atoms with van der Waals surface area (Å²) in [5.41, 5.74) is 1.71. The number of aromatic nitrogens is 1. The average Bonchev–Trinajstić information content (AvgIpc) is 2.90. The fourth-order valence-corrected chi connectivity index (χ4v) is 1.98. The summed E-state index contributed by atoms with van der Waals surface area (Å²) < 4.78 is 13.2. The molecule has 1 heterocycles. The van der Waals surface area contributed by atoms with Gasteiger partial charge in [0.1, 0.15) is 0 Å². The summed E-state index contributed by atoms with van der Waals surface area (Å²) in [7, 11) is 0. The van der Waals surface area contributed by atoms with Crippen LogP contribution < -0.4 is 5.32 Å². The minimum absolute atomic E-state index is 0.291. The molecule has 0 bridgehead atoms. The molecule has 5 heteroatoms.